The highest BCUT2D eigenvalue weighted by molar-refractivity contribution is 9.10. The average molecular weight is 476 g/mol. The van der Waals surface area contributed by atoms with Gasteiger partial charge in [0.1, 0.15) is 0 Å². The van der Waals surface area contributed by atoms with E-state index in [-0.39, 0.29) is 18.0 Å². The van der Waals surface area contributed by atoms with Crippen LogP contribution in [0.1, 0.15) is 58.4 Å². The Morgan fingerprint density at radius 2 is 1.97 bits per heavy atom. The van der Waals surface area contributed by atoms with Gasteiger partial charge in [0.2, 0.25) is 6.79 Å². The van der Waals surface area contributed by atoms with Crippen LogP contribution >= 0.6 is 15.9 Å². The maximum absolute atomic E-state index is 13.3. The van der Waals surface area contributed by atoms with Gasteiger partial charge in [0.15, 0.2) is 17.3 Å². The number of ketones is 1. The minimum Gasteiger partial charge on any atom is -0.462 e. The molecule has 1 atom stereocenters. The van der Waals surface area contributed by atoms with E-state index >= 15 is 0 Å². The number of ether oxygens (including phenoxy) is 3. The number of fused-ring (bicyclic) bond motifs is 1. The van der Waals surface area contributed by atoms with Crippen LogP contribution in [0, 0.1) is 5.41 Å². The Kier molecular flexibility index (Phi) is 5.43. The van der Waals surface area contributed by atoms with E-state index in [4.69, 9.17) is 14.2 Å². The van der Waals surface area contributed by atoms with Crippen LogP contribution in [0.4, 0.5) is 0 Å². The number of carbonyl (C=O) groups excluding carboxylic acids is 2. The van der Waals surface area contributed by atoms with Crippen LogP contribution in [-0.4, -0.2) is 25.2 Å². The zero-order chi connectivity index (χ0) is 21.6. The molecule has 0 radical (unpaired) electrons. The summed E-state index contributed by atoms with van der Waals surface area (Å²) in [6.45, 7) is 8.48. The van der Waals surface area contributed by atoms with E-state index in [1.807, 2.05) is 26.0 Å². The molecular weight excluding hydrogens is 450 g/mol. The molecule has 7 heteroatoms. The fraction of sp³-hybridized carbons (Fsp3) is 0.478. The Hall–Kier alpha value is -2.28. The molecule has 30 heavy (non-hydrogen) atoms. The smallest absolute Gasteiger partial charge is 0.336 e. The number of hydrogen-bond donors (Lipinski definition) is 1. The minimum absolute atomic E-state index is 0.0524. The van der Waals surface area contributed by atoms with Gasteiger partial charge in [-0.3, -0.25) is 4.79 Å². The van der Waals surface area contributed by atoms with Crippen molar-refractivity contribution in [1.29, 1.82) is 0 Å². The van der Waals surface area contributed by atoms with Gasteiger partial charge in [0.05, 0.1) is 12.2 Å². The molecule has 0 aromatic heterocycles. The van der Waals surface area contributed by atoms with E-state index in [9.17, 15) is 9.59 Å². The molecule has 1 aromatic rings. The molecule has 160 valence electrons. The van der Waals surface area contributed by atoms with Crippen LogP contribution in [0.5, 0.6) is 11.5 Å². The molecule has 1 aromatic carbocycles. The zero-order valence-electron chi connectivity index (χ0n) is 17.7. The summed E-state index contributed by atoms with van der Waals surface area (Å²) in [7, 11) is 0. The normalized spacial score (nSPS) is 22.0. The predicted molar refractivity (Wildman–Crippen MR) is 115 cm³/mol. The number of esters is 1. The van der Waals surface area contributed by atoms with E-state index in [1.165, 1.54) is 0 Å². The van der Waals surface area contributed by atoms with Crippen LogP contribution in [0.2, 0.25) is 0 Å². The topological polar surface area (TPSA) is 73.9 Å². The molecule has 0 bridgehead atoms. The van der Waals surface area contributed by atoms with Gasteiger partial charge in [0.25, 0.3) is 0 Å². The van der Waals surface area contributed by atoms with Gasteiger partial charge in [-0.25, -0.2) is 4.79 Å². The van der Waals surface area contributed by atoms with Crippen LogP contribution in [-0.2, 0) is 14.3 Å². The van der Waals surface area contributed by atoms with Gasteiger partial charge in [-0.2, -0.15) is 0 Å². The highest BCUT2D eigenvalue weighted by atomic mass is 79.9. The van der Waals surface area contributed by atoms with Crippen molar-refractivity contribution in [2.24, 2.45) is 5.41 Å². The Labute approximate surface area is 184 Å². The summed E-state index contributed by atoms with van der Waals surface area (Å²) in [4.78, 5) is 26.4. The molecule has 0 spiro atoms. The zero-order valence-corrected chi connectivity index (χ0v) is 19.3. The minimum atomic E-state index is -0.530. The Balaban J connectivity index is 1.88. The van der Waals surface area contributed by atoms with Gasteiger partial charge < -0.3 is 19.5 Å². The monoisotopic (exact) mass is 475 g/mol. The maximum atomic E-state index is 13.3. The molecule has 4 rings (SSSR count). The number of dihydropyridines is 1. The van der Waals surface area contributed by atoms with Gasteiger partial charge in [-0.05, 0) is 42.9 Å². The molecule has 0 amide bonds. The third-order valence-electron chi connectivity index (χ3n) is 5.70. The average Bonchev–Trinajstić information content (AvgIpc) is 3.10. The number of carbonyl (C=O) groups is 2. The van der Waals surface area contributed by atoms with Crippen molar-refractivity contribution < 1.29 is 23.8 Å². The lowest BCUT2D eigenvalue weighted by atomic mass is 9.68. The molecule has 0 saturated heterocycles. The van der Waals surface area contributed by atoms with Crippen molar-refractivity contribution in [3.63, 3.8) is 0 Å². The van der Waals surface area contributed by atoms with E-state index in [1.54, 1.807) is 0 Å². The summed E-state index contributed by atoms with van der Waals surface area (Å²) in [6.07, 6.45) is 1.90. The molecule has 0 saturated carbocycles. The number of benzene rings is 1. The Morgan fingerprint density at radius 1 is 1.27 bits per heavy atom. The Morgan fingerprint density at radius 3 is 2.67 bits per heavy atom. The van der Waals surface area contributed by atoms with E-state index in [0.29, 0.717) is 35.7 Å². The summed E-state index contributed by atoms with van der Waals surface area (Å²) in [5.74, 6) is 0.368. The first kappa shape index (κ1) is 21.0. The lowest BCUT2D eigenvalue weighted by molar-refractivity contribution is -0.139. The number of rotatable bonds is 4. The third-order valence-corrected chi connectivity index (χ3v) is 6.39. The SMILES string of the molecule is CCCOC(=O)C1=C(C)NC2=C(C(=O)CC(C)(C)C2)C1c1cc2c(cc1Br)OCO2. The molecule has 1 unspecified atom stereocenters. The van der Waals surface area contributed by atoms with E-state index in [0.717, 1.165) is 34.3 Å². The van der Waals surface area contributed by atoms with E-state index in [2.05, 4.69) is 35.1 Å². The van der Waals surface area contributed by atoms with Crippen molar-refractivity contribution in [3.8, 4) is 11.5 Å². The quantitative estimate of drug-likeness (QED) is 0.634. The van der Waals surface area contributed by atoms with E-state index < -0.39 is 11.9 Å². The highest BCUT2D eigenvalue weighted by Gasteiger charge is 2.44. The molecule has 6 nitrogen and oxygen atoms in total. The first-order valence-corrected chi connectivity index (χ1v) is 11.0. The van der Waals surface area contributed by atoms with Crippen molar-refractivity contribution in [2.75, 3.05) is 13.4 Å². The largest absolute Gasteiger partial charge is 0.462 e. The van der Waals surface area contributed by atoms with Crippen molar-refractivity contribution >= 4 is 27.7 Å². The molecule has 1 aliphatic carbocycles. The summed E-state index contributed by atoms with van der Waals surface area (Å²) in [6, 6.07) is 3.70. The molecule has 0 fully saturated rings. The lowest BCUT2D eigenvalue weighted by Gasteiger charge is -2.39. The second-order valence-electron chi connectivity index (χ2n) is 8.79. The number of allylic oxidation sites excluding steroid dienone is 3. The van der Waals surface area contributed by atoms with Gasteiger partial charge >= 0.3 is 5.97 Å². The predicted octanol–water partition coefficient (Wildman–Crippen LogP) is 4.74. The molecule has 2 heterocycles. The van der Waals surface area contributed by atoms with Gasteiger partial charge in [0, 0.05) is 33.8 Å². The second kappa shape index (κ2) is 7.76. The maximum Gasteiger partial charge on any atom is 0.336 e. The summed E-state index contributed by atoms with van der Waals surface area (Å²) >= 11 is 3.63. The first-order chi connectivity index (χ1) is 14.2. The van der Waals surface area contributed by atoms with Crippen LogP contribution in [0.3, 0.4) is 0 Å². The first-order valence-electron chi connectivity index (χ1n) is 10.2. The molecule has 2 aliphatic heterocycles. The van der Waals surface area contributed by atoms with Crippen LogP contribution in [0.15, 0.2) is 39.1 Å². The fourth-order valence-corrected chi connectivity index (χ4v) is 5.00. The molecule has 1 N–H and O–H groups in total. The second-order valence-corrected chi connectivity index (χ2v) is 9.65. The van der Waals surface area contributed by atoms with Crippen molar-refractivity contribution in [1.82, 2.24) is 5.32 Å². The molecular formula is C23H26BrNO5. The number of nitrogens with one attached hydrogen (secondary N) is 1. The third kappa shape index (κ3) is 3.64. The van der Waals surface area contributed by atoms with Crippen molar-refractivity contribution in [2.45, 2.75) is 52.9 Å². The lowest BCUT2D eigenvalue weighted by Crippen LogP contribution is -2.38. The number of halogens is 1. The van der Waals surface area contributed by atoms with Crippen LogP contribution in [0.25, 0.3) is 0 Å². The Bertz CT molecular complexity index is 992. The summed E-state index contributed by atoms with van der Waals surface area (Å²) in [5, 5.41) is 3.35. The van der Waals surface area contributed by atoms with Gasteiger partial charge in [-0.1, -0.05) is 36.7 Å². The van der Waals surface area contributed by atoms with Crippen LogP contribution < -0.4 is 14.8 Å². The summed E-state index contributed by atoms with van der Waals surface area (Å²) in [5.41, 5.74) is 3.37. The number of Topliss-reactive ketones (excluding diaryl/α,β-unsaturated/α-hetero) is 1. The number of hydrogen-bond acceptors (Lipinski definition) is 6. The van der Waals surface area contributed by atoms with Gasteiger partial charge in [-0.15, -0.1) is 0 Å². The fourth-order valence-electron chi connectivity index (χ4n) is 4.44. The standard InChI is InChI=1S/C23H26BrNO5/c1-5-6-28-22(27)19-12(2)25-15-9-23(3,4)10-16(26)21(15)20(19)13-7-17-18(8-14(13)24)30-11-29-17/h7-8,20,25H,5-6,9-11H2,1-4H3. The summed E-state index contributed by atoms with van der Waals surface area (Å²) < 4.78 is 17.3. The molecule has 3 aliphatic rings. The van der Waals surface area contributed by atoms with Crippen molar-refractivity contribution in [3.05, 3.63) is 44.7 Å². The highest BCUT2D eigenvalue weighted by Crippen LogP contribution is 2.50.